The number of amides is 1. The van der Waals surface area contributed by atoms with Crippen LogP contribution in [0.15, 0.2) is 29.4 Å². The van der Waals surface area contributed by atoms with Gasteiger partial charge in [0.15, 0.2) is 5.78 Å². The summed E-state index contributed by atoms with van der Waals surface area (Å²) in [5.74, 6) is -1.26. The number of nitrogens with zero attached hydrogens (tertiary/aromatic N) is 1. The van der Waals surface area contributed by atoms with Gasteiger partial charge in [-0.25, -0.2) is 4.79 Å². The highest BCUT2D eigenvalue weighted by Crippen LogP contribution is 2.69. The molecule has 0 radical (unpaired) electrons. The van der Waals surface area contributed by atoms with Crippen molar-refractivity contribution >= 4 is 29.1 Å². The topological polar surface area (TPSA) is 105 Å². The predicted octanol–water partition coefficient (Wildman–Crippen LogP) is 3.03. The molecule has 2 saturated carbocycles. The second kappa shape index (κ2) is 6.18. The van der Waals surface area contributed by atoms with Crippen molar-refractivity contribution in [1.82, 2.24) is 0 Å². The van der Waals surface area contributed by atoms with Gasteiger partial charge in [-0.3, -0.25) is 9.59 Å². The Labute approximate surface area is 157 Å². The number of oxime groups is 1. The van der Waals surface area contributed by atoms with Crippen molar-refractivity contribution in [3.63, 3.8) is 0 Å². The number of esters is 1. The minimum atomic E-state index is -1.27. The van der Waals surface area contributed by atoms with Crippen LogP contribution in [0, 0.1) is 16.2 Å². The van der Waals surface area contributed by atoms with Crippen LogP contribution in [0.2, 0.25) is 0 Å². The smallest absolute Gasteiger partial charge is 0.338 e. The van der Waals surface area contributed by atoms with Crippen LogP contribution in [0.3, 0.4) is 0 Å². The van der Waals surface area contributed by atoms with Gasteiger partial charge < -0.3 is 15.3 Å². The molecule has 3 rings (SSSR count). The highest BCUT2D eigenvalue weighted by Gasteiger charge is 2.76. The van der Waals surface area contributed by atoms with Crippen LogP contribution in [-0.2, 0) is 14.3 Å². The van der Waals surface area contributed by atoms with Gasteiger partial charge in [0, 0.05) is 11.1 Å². The van der Waals surface area contributed by atoms with Crippen LogP contribution in [0.5, 0.6) is 0 Å². The molecule has 7 nitrogen and oxygen atoms in total. The van der Waals surface area contributed by atoms with Crippen molar-refractivity contribution in [1.29, 1.82) is 0 Å². The van der Waals surface area contributed by atoms with Crippen molar-refractivity contribution in [3.8, 4) is 0 Å². The Kier molecular flexibility index (Phi) is 4.37. The summed E-state index contributed by atoms with van der Waals surface area (Å²) in [4.78, 5) is 37.9. The third-order valence-corrected chi connectivity index (χ3v) is 6.71. The molecule has 2 unspecified atom stereocenters. The average Bonchev–Trinajstić information content (AvgIpc) is 2.90. The molecule has 1 amide bonds. The highest BCUT2D eigenvalue weighted by atomic mass is 16.5. The number of nitrogens with one attached hydrogen (secondary N) is 1. The SMILES string of the molecule is CCOC(=O)c1ccc(NC(=O)C23CCC(C)(C(=NO)C2=O)C3(C)C)cc1. The lowest BCUT2D eigenvalue weighted by Gasteiger charge is -2.37. The zero-order valence-corrected chi connectivity index (χ0v) is 16.0. The van der Waals surface area contributed by atoms with Gasteiger partial charge in [-0.15, -0.1) is 0 Å². The van der Waals surface area contributed by atoms with Gasteiger partial charge in [0.2, 0.25) is 5.91 Å². The molecule has 7 heteroatoms. The molecule has 0 aromatic heterocycles. The summed E-state index contributed by atoms with van der Waals surface area (Å²) in [6.07, 6.45) is 1.00. The molecule has 0 aliphatic heterocycles. The maximum Gasteiger partial charge on any atom is 0.338 e. The third-order valence-electron chi connectivity index (χ3n) is 6.71. The van der Waals surface area contributed by atoms with E-state index in [-0.39, 0.29) is 12.3 Å². The van der Waals surface area contributed by atoms with E-state index >= 15 is 0 Å². The second-order valence-electron chi connectivity index (χ2n) is 7.89. The zero-order chi connectivity index (χ0) is 20.0. The van der Waals surface area contributed by atoms with Crippen LogP contribution in [-0.4, -0.2) is 35.2 Å². The van der Waals surface area contributed by atoms with Gasteiger partial charge in [-0.05, 0) is 49.4 Å². The number of rotatable bonds is 4. The van der Waals surface area contributed by atoms with Crippen molar-refractivity contribution in [2.24, 2.45) is 21.4 Å². The molecule has 2 aliphatic rings. The summed E-state index contributed by atoms with van der Waals surface area (Å²) in [6.45, 7) is 7.63. The third kappa shape index (κ3) is 2.33. The number of anilines is 1. The monoisotopic (exact) mass is 372 g/mol. The Morgan fingerprint density at radius 3 is 2.33 bits per heavy atom. The molecule has 1 aromatic carbocycles. The van der Waals surface area contributed by atoms with Gasteiger partial charge in [-0.2, -0.15) is 0 Å². The largest absolute Gasteiger partial charge is 0.462 e. The maximum atomic E-state index is 13.2. The van der Waals surface area contributed by atoms with E-state index in [0.29, 0.717) is 24.1 Å². The lowest BCUT2D eigenvalue weighted by Crippen LogP contribution is -2.47. The molecule has 1 aromatic rings. The fourth-order valence-corrected chi connectivity index (χ4v) is 4.60. The van der Waals surface area contributed by atoms with E-state index < -0.39 is 33.9 Å². The van der Waals surface area contributed by atoms with Crippen molar-refractivity contribution < 1.29 is 24.3 Å². The number of fused-ring (bicyclic) bond motifs is 2. The Morgan fingerprint density at radius 2 is 1.81 bits per heavy atom. The first-order chi connectivity index (χ1) is 12.7. The van der Waals surface area contributed by atoms with E-state index in [4.69, 9.17) is 4.74 Å². The molecule has 2 fully saturated rings. The van der Waals surface area contributed by atoms with Gasteiger partial charge in [-0.1, -0.05) is 25.9 Å². The summed E-state index contributed by atoms with van der Waals surface area (Å²) in [7, 11) is 0. The first-order valence-corrected chi connectivity index (χ1v) is 9.01. The maximum absolute atomic E-state index is 13.2. The summed E-state index contributed by atoms with van der Waals surface area (Å²) >= 11 is 0. The average molecular weight is 372 g/mol. The van der Waals surface area contributed by atoms with E-state index in [2.05, 4.69) is 10.5 Å². The Balaban J connectivity index is 1.88. The van der Waals surface area contributed by atoms with Crippen LogP contribution in [0.25, 0.3) is 0 Å². The molecule has 2 N–H and O–H groups in total. The minimum absolute atomic E-state index is 0.0755. The van der Waals surface area contributed by atoms with E-state index in [9.17, 15) is 19.6 Å². The Bertz CT molecular complexity index is 842. The van der Waals surface area contributed by atoms with Gasteiger partial charge in [0.25, 0.3) is 0 Å². The molecule has 2 bridgehead atoms. The molecule has 0 spiro atoms. The lowest BCUT2D eigenvalue weighted by atomic mass is 9.64. The van der Waals surface area contributed by atoms with Gasteiger partial charge >= 0.3 is 5.97 Å². The second-order valence-corrected chi connectivity index (χ2v) is 7.89. The van der Waals surface area contributed by atoms with Crippen LogP contribution < -0.4 is 5.32 Å². The lowest BCUT2D eigenvalue weighted by molar-refractivity contribution is -0.140. The van der Waals surface area contributed by atoms with Crippen molar-refractivity contribution in [2.75, 3.05) is 11.9 Å². The predicted molar refractivity (Wildman–Crippen MR) is 98.8 cm³/mol. The fraction of sp³-hybridized carbons (Fsp3) is 0.500. The molecular formula is C20H24N2O5. The molecule has 0 saturated heterocycles. The number of ketones is 1. The van der Waals surface area contributed by atoms with Gasteiger partial charge in [0.05, 0.1) is 12.2 Å². The quantitative estimate of drug-likeness (QED) is 0.366. The summed E-state index contributed by atoms with van der Waals surface area (Å²) in [5, 5.41) is 15.4. The van der Waals surface area contributed by atoms with E-state index in [1.165, 1.54) is 0 Å². The first-order valence-electron chi connectivity index (χ1n) is 9.01. The molecule has 0 heterocycles. The first kappa shape index (κ1) is 19.1. The zero-order valence-electron chi connectivity index (χ0n) is 16.0. The number of hydrogen-bond acceptors (Lipinski definition) is 6. The number of ether oxygens (including phenoxy) is 1. The standard InChI is InChI=1S/C20H24N2O5/c1-5-27-16(24)12-6-8-13(9-7-12)21-17(25)20-11-10-19(4,18(20,2)3)14(22-26)15(20)23/h6-9,26H,5,10-11H2,1-4H3,(H,21,25). The van der Waals surface area contributed by atoms with E-state index in [1.54, 1.807) is 31.2 Å². The number of benzene rings is 1. The van der Waals surface area contributed by atoms with E-state index in [1.807, 2.05) is 20.8 Å². The molecular weight excluding hydrogens is 348 g/mol. The normalized spacial score (nSPS) is 29.8. The number of Topliss-reactive ketones (excluding diaryl/α,β-unsaturated/α-hetero) is 1. The van der Waals surface area contributed by atoms with Crippen molar-refractivity contribution in [2.45, 2.75) is 40.5 Å². The molecule has 2 atom stereocenters. The molecule has 27 heavy (non-hydrogen) atoms. The van der Waals surface area contributed by atoms with Crippen LogP contribution >= 0.6 is 0 Å². The minimum Gasteiger partial charge on any atom is -0.462 e. The van der Waals surface area contributed by atoms with E-state index in [0.717, 1.165) is 0 Å². The number of carbonyl (C=O) groups is 3. The van der Waals surface area contributed by atoms with Crippen LogP contribution in [0.4, 0.5) is 5.69 Å². The fourth-order valence-electron chi connectivity index (χ4n) is 4.60. The summed E-state index contributed by atoms with van der Waals surface area (Å²) < 4.78 is 4.94. The van der Waals surface area contributed by atoms with Crippen LogP contribution in [0.1, 0.15) is 50.9 Å². The molecule has 2 aliphatic carbocycles. The Morgan fingerprint density at radius 1 is 1.19 bits per heavy atom. The number of hydrogen-bond donors (Lipinski definition) is 2. The molecule has 144 valence electrons. The summed E-state index contributed by atoms with van der Waals surface area (Å²) in [6, 6.07) is 6.32. The highest BCUT2D eigenvalue weighted by molar-refractivity contribution is 6.51. The van der Waals surface area contributed by atoms with Gasteiger partial charge in [0.1, 0.15) is 11.1 Å². The Hall–Kier alpha value is -2.70. The summed E-state index contributed by atoms with van der Waals surface area (Å²) in [5.41, 5.74) is -1.67. The number of carbonyl (C=O) groups excluding carboxylic acids is 3. The van der Waals surface area contributed by atoms with Crippen molar-refractivity contribution in [3.05, 3.63) is 29.8 Å².